The Hall–Kier alpha value is -2.46. The van der Waals surface area contributed by atoms with E-state index in [4.69, 9.17) is 0 Å². The number of aryl methyl sites for hydroxylation is 3. The lowest BCUT2D eigenvalue weighted by Gasteiger charge is -2.11. The largest absolute Gasteiger partial charge is 0.390 e. The van der Waals surface area contributed by atoms with Crippen LogP contribution in [0.2, 0.25) is 0 Å². The molecule has 0 aliphatic carbocycles. The van der Waals surface area contributed by atoms with Crippen LogP contribution < -0.4 is 0 Å². The van der Waals surface area contributed by atoms with E-state index in [0.717, 1.165) is 29.8 Å². The van der Waals surface area contributed by atoms with Gasteiger partial charge in [0.15, 0.2) is 0 Å². The lowest BCUT2D eigenvalue weighted by atomic mass is 10.1. The van der Waals surface area contributed by atoms with Crippen LogP contribution >= 0.6 is 0 Å². The molecule has 0 aliphatic rings. The smallest absolute Gasteiger partial charge is 0.112 e. The van der Waals surface area contributed by atoms with Crippen LogP contribution in [0.1, 0.15) is 28.1 Å². The van der Waals surface area contributed by atoms with Crippen LogP contribution in [0.15, 0.2) is 48.5 Å². The van der Waals surface area contributed by atoms with E-state index in [2.05, 4.69) is 54.5 Å². The van der Waals surface area contributed by atoms with Gasteiger partial charge in [0.25, 0.3) is 0 Å². The molecule has 1 N–H and O–H groups in total. The monoisotopic (exact) mass is 307 g/mol. The molecule has 4 heteroatoms. The first kappa shape index (κ1) is 15.4. The first-order valence-corrected chi connectivity index (χ1v) is 7.85. The van der Waals surface area contributed by atoms with Gasteiger partial charge in [-0.1, -0.05) is 53.2 Å². The zero-order chi connectivity index (χ0) is 16.2. The predicted molar refractivity (Wildman–Crippen MR) is 90.6 cm³/mol. The third-order valence-corrected chi connectivity index (χ3v) is 4.07. The summed E-state index contributed by atoms with van der Waals surface area (Å²) in [6, 6.07) is 16.6. The topological polar surface area (TPSA) is 50.9 Å². The van der Waals surface area contributed by atoms with Crippen molar-refractivity contribution in [2.45, 2.75) is 33.3 Å². The normalized spacial score (nSPS) is 10.9. The number of aliphatic hydroxyl groups excluding tert-OH is 1. The molecular formula is C19H21N3O. The fourth-order valence-electron chi connectivity index (χ4n) is 2.85. The highest BCUT2D eigenvalue weighted by Crippen LogP contribution is 2.20. The Kier molecular flexibility index (Phi) is 4.53. The third kappa shape index (κ3) is 3.32. The number of aliphatic hydroxyl groups is 1. The average molecular weight is 307 g/mol. The lowest BCUT2D eigenvalue weighted by Crippen LogP contribution is -2.07. The highest BCUT2D eigenvalue weighted by molar-refractivity contribution is 5.43. The summed E-state index contributed by atoms with van der Waals surface area (Å²) in [6.45, 7) is 4.06. The van der Waals surface area contributed by atoms with Crippen molar-refractivity contribution in [3.63, 3.8) is 0 Å². The highest BCUT2D eigenvalue weighted by atomic mass is 16.3. The van der Waals surface area contributed by atoms with Crippen molar-refractivity contribution < 1.29 is 5.11 Å². The molecule has 0 radical (unpaired) electrons. The van der Waals surface area contributed by atoms with Crippen molar-refractivity contribution in [2.24, 2.45) is 0 Å². The van der Waals surface area contributed by atoms with Gasteiger partial charge < -0.3 is 5.11 Å². The van der Waals surface area contributed by atoms with Crippen LogP contribution in [0.4, 0.5) is 0 Å². The first-order chi connectivity index (χ1) is 11.2. The van der Waals surface area contributed by atoms with E-state index in [1.165, 1.54) is 11.1 Å². The summed E-state index contributed by atoms with van der Waals surface area (Å²) in [5.74, 6) is 0. The van der Waals surface area contributed by atoms with E-state index in [9.17, 15) is 5.11 Å². The Bertz CT molecular complexity index is 794. The molecule has 1 heterocycles. The van der Waals surface area contributed by atoms with Gasteiger partial charge in [-0.05, 0) is 43.9 Å². The Morgan fingerprint density at radius 3 is 2.48 bits per heavy atom. The van der Waals surface area contributed by atoms with E-state index in [1.54, 1.807) is 0 Å². The second-order valence-corrected chi connectivity index (χ2v) is 5.83. The van der Waals surface area contributed by atoms with Gasteiger partial charge in [0, 0.05) is 0 Å². The van der Waals surface area contributed by atoms with E-state index in [-0.39, 0.29) is 6.61 Å². The zero-order valence-electron chi connectivity index (χ0n) is 13.5. The molecule has 3 rings (SSSR count). The summed E-state index contributed by atoms with van der Waals surface area (Å²) in [7, 11) is 0. The molecular weight excluding hydrogens is 286 g/mol. The molecule has 0 spiro atoms. The van der Waals surface area contributed by atoms with Crippen LogP contribution in [0, 0.1) is 13.8 Å². The molecule has 118 valence electrons. The first-order valence-electron chi connectivity index (χ1n) is 7.85. The summed E-state index contributed by atoms with van der Waals surface area (Å²) in [4.78, 5) is 0. The zero-order valence-corrected chi connectivity index (χ0v) is 13.5. The highest BCUT2D eigenvalue weighted by Gasteiger charge is 2.15. The van der Waals surface area contributed by atoms with Gasteiger partial charge in [-0.3, -0.25) is 0 Å². The SMILES string of the molecule is Cc1ccc(-n2nnc(CO)c2CCc2ccccc2)c(C)c1. The van der Waals surface area contributed by atoms with Crippen molar-refractivity contribution in [1.82, 2.24) is 15.0 Å². The van der Waals surface area contributed by atoms with Crippen molar-refractivity contribution in [1.29, 1.82) is 0 Å². The quantitative estimate of drug-likeness (QED) is 0.787. The molecule has 4 nitrogen and oxygen atoms in total. The summed E-state index contributed by atoms with van der Waals surface area (Å²) in [5, 5.41) is 18.0. The minimum absolute atomic E-state index is 0.0883. The summed E-state index contributed by atoms with van der Waals surface area (Å²) in [6.07, 6.45) is 1.69. The van der Waals surface area contributed by atoms with Gasteiger partial charge in [-0.2, -0.15) is 0 Å². The number of nitrogens with zero attached hydrogens (tertiary/aromatic N) is 3. The van der Waals surface area contributed by atoms with Crippen LogP contribution in [-0.4, -0.2) is 20.1 Å². The predicted octanol–water partition coefficient (Wildman–Crippen LogP) is 3.16. The molecule has 3 aromatic rings. The third-order valence-electron chi connectivity index (χ3n) is 4.07. The Balaban J connectivity index is 1.94. The molecule has 0 bridgehead atoms. The fraction of sp³-hybridized carbons (Fsp3) is 0.263. The Morgan fingerprint density at radius 2 is 1.78 bits per heavy atom. The van der Waals surface area contributed by atoms with Crippen molar-refractivity contribution in [3.05, 3.63) is 76.6 Å². The standard InChI is InChI=1S/C19H21N3O/c1-14-8-10-18(15(2)12-14)22-19(17(13-23)20-21-22)11-9-16-6-4-3-5-7-16/h3-8,10,12,23H,9,11,13H2,1-2H3. The molecule has 0 unspecified atom stereocenters. The van der Waals surface area contributed by atoms with Gasteiger partial charge in [0.2, 0.25) is 0 Å². The minimum atomic E-state index is -0.0883. The Labute approximate surface area is 136 Å². The number of hydrogen-bond donors (Lipinski definition) is 1. The van der Waals surface area contributed by atoms with Crippen molar-refractivity contribution in [3.8, 4) is 5.69 Å². The van der Waals surface area contributed by atoms with Crippen LogP contribution in [0.3, 0.4) is 0 Å². The number of benzene rings is 2. The van der Waals surface area contributed by atoms with E-state index in [0.29, 0.717) is 5.69 Å². The maximum Gasteiger partial charge on any atom is 0.112 e. The van der Waals surface area contributed by atoms with E-state index < -0.39 is 0 Å². The van der Waals surface area contributed by atoms with E-state index >= 15 is 0 Å². The molecule has 23 heavy (non-hydrogen) atoms. The number of aromatic nitrogens is 3. The molecule has 0 saturated carbocycles. The molecule has 0 saturated heterocycles. The van der Waals surface area contributed by atoms with Crippen molar-refractivity contribution in [2.75, 3.05) is 0 Å². The van der Waals surface area contributed by atoms with Gasteiger partial charge >= 0.3 is 0 Å². The molecule has 0 atom stereocenters. The molecule has 0 fully saturated rings. The molecule has 0 aliphatic heterocycles. The molecule has 2 aromatic carbocycles. The summed E-state index contributed by atoms with van der Waals surface area (Å²) in [5.41, 5.74) is 6.29. The van der Waals surface area contributed by atoms with Crippen LogP contribution in [-0.2, 0) is 19.4 Å². The van der Waals surface area contributed by atoms with Gasteiger partial charge in [0.05, 0.1) is 18.0 Å². The van der Waals surface area contributed by atoms with Crippen LogP contribution in [0.5, 0.6) is 0 Å². The summed E-state index contributed by atoms with van der Waals surface area (Å²) >= 11 is 0. The van der Waals surface area contributed by atoms with Gasteiger partial charge in [-0.15, -0.1) is 5.10 Å². The van der Waals surface area contributed by atoms with Gasteiger partial charge in [-0.25, -0.2) is 4.68 Å². The molecule has 1 aromatic heterocycles. The second kappa shape index (κ2) is 6.75. The maximum atomic E-state index is 9.57. The maximum absolute atomic E-state index is 9.57. The Morgan fingerprint density at radius 1 is 1.00 bits per heavy atom. The summed E-state index contributed by atoms with van der Waals surface area (Å²) < 4.78 is 1.86. The van der Waals surface area contributed by atoms with Crippen LogP contribution in [0.25, 0.3) is 5.69 Å². The average Bonchev–Trinajstić information content (AvgIpc) is 2.96. The van der Waals surface area contributed by atoms with Gasteiger partial charge in [0.1, 0.15) is 5.69 Å². The molecule has 0 amide bonds. The van der Waals surface area contributed by atoms with E-state index in [1.807, 2.05) is 22.9 Å². The van der Waals surface area contributed by atoms with Crippen molar-refractivity contribution >= 4 is 0 Å². The minimum Gasteiger partial charge on any atom is -0.390 e. The number of hydrogen-bond acceptors (Lipinski definition) is 3. The fourth-order valence-corrected chi connectivity index (χ4v) is 2.85. The number of rotatable bonds is 5. The second-order valence-electron chi connectivity index (χ2n) is 5.83. The lowest BCUT2D eigenvalue weighted by molar-refractivity contribution is 0.275.